The van der Waals surface area contributed by atoms with Crippen molar-refractivity contribution in [3.63, 3.8) is 0 Å². The minimum atomic E-state index is -3.74. The molecule has 0 saturated carbocycles. The van der Waals surface area contributed by atoms with Gasteiger partial charge in [-0.15, -0.1) is 0 Å². The molecule has 0 saturated heterocycles. The Hall–Kier alpha value is -1.60. The van der Waals surface area contributed by atoms with Crippen molar-refractivity contribution in [2.75, 3.05) is 4.72 Å². The highest BCUT2D eigenvalue weighted by Crippen LogP contribution is 2.21. The number of sulfonamides is 1. The van der Waals surface area contributed by atoms with Crippen LogP contribution in [0.2, 0.25) is 5.15 Å². The predicted molar refractivity (Wildman–Crippen MR) is 66.0 cm³/mol. The lowest BCUT2D eigenvalue weighted by atomic mass is 10.3. The first-order valence-electron chi connectivity index (χ1n) is 4.97. The molecule has 0 unspecified atom stereocenters. The van der Waals surface area contributed by atoms with Crippen LogP contribution in [0.3, 0.4) is 0 Å². The zero-order valence-electron chi connectivity index (χ0n) is 9.64. The fraction of sp³-hybridized carbons (Fsp3) is 0.200. The lowest BCUT2D eigenvalue weighted by Crippen LogP contribution is -2.13. The van der Waals surface area contributed by atoms with Crippen molar-refractivity contribution in [1.82, 2.24) is 10.1 Å². The average Bonchev–Trinajstić information content (AvgIpc) is 2.61. The van der Waals surface area contributed by atoms with E-state index >= 15 is 0 Å². The summed E-state index contributed by atoms with van der Waals surface area (Å²) in [6, 6.07) is 2.75. The third-order valence-electron chi connectivity index (χ3n) is 2.39. The highest BCUT2D eigenvalue weighted by Gasteiger charge is 2.19. The minimum absolute atomic E-state index is 0.000327. The summed E-state index contributed by atoms with van der Waals surface area (Å²) in [6.07, 6.45) is 1.17. The number of nitrogens with zero attached hydrogens (tertiary/aromatic N) is 2. The Balaban J connectivity index is 2.33. The first-order chi connectivity index (χ1) is 8.40. The van der Waals surface area contributed by atoms with Gasteiger partial charge >= 0.3 is 0 Å². The maximum atomic E-state index is 12.0. The number of aryl methyl sites for hydroxylation is 1. The predicted octanol–water partition coefficient (Wildman–Crippen LogP) is 2.14. The van der Waals surface area contributed by atoms with Gasteiger partial charge in [-0.1, -0.05) is 16.8 Å². The molecule has 96 valence electrons. The number of hydrogen-bond acceptors (Lipinski definition) is 5. The molecule has 0 aromatic carbocycles. The van der Waals surface area contributed by atoms with Crippen molar-refractivity contribution in [2.24, 2.45) is 0 Å². The van der Waals surface area contributed by atoms with E-state index in [1.165, 1.54) is 18.3 Å². The monoisotopic (exact) mass is 287 g/mol. The summed E-state index contributed by atoms with van der Waals surface area (Å²) in [5.74, 6) is 0.0995. The molecule has 2 aromatic rings. The number of hydrogen-bond donors (Lipinski definition) is 1. The van der Waals surface area contributed by atoms with Crippen LogP contribution in [0.5, 0.6) is 0 Å². The topological polar surface area (TPSA) is 85.1 Å². The highest BCUT2D eigenvalue weighted by molar-refractivity contribution is 7.92. The molecule has 1 N–H and O–H groups in total. The lowest BCUT2D eigenvalue weighted by Gasteiger charge is -2.04. The Kier molecular flexibility index (Phi) is 3.27. The second kappa shape index (κ2) is 4.58. The van der Waals surface area contributed by atoms with Crippen LogP contribution in [0.1, 0.15) is 11.3 Å². The van der Waals surface area contributed by atoms with Gasteiger partial charge in [0.2, 0.25) is 5.88 Å². The molecule has 6 nitrogen and oxygen atoms in total. The molecule has 0 bridgehead atoms. The molecule has 0 aliphatic rings. The second-order valence-corrected chi connectivity index (χ2v) is 5.71. The van der Waals surface area contributed by atoms with Gasteiger partial charge in [-0.25, -0.2) is 18.1 Å². The van der Waals surface area contributed by atoms with E-state index in [0.717, 1.165) is 0 Å². The van der Waals surface area contributed by atoms with Crippen molar-refractivity contribution < 1.29 is 12.9 Å². The van der Waals surface area contributed by atoms with E-state index in [-0.39, 0.29) is 15.9 Å². The van der Waals surface area contributed by atoms with Crippen LogP contribution in [-0.2, 0) is 10.0 Å². The van der Waals surface area contributed by atoms with Crippen molar-refractivity contribution in [2.45, 2.75) is 18.7 Å². The van der Waals surface area contributed by atoms with E-state index in [4.69, 9.17) is 16.1 Å². The highest BCUT2D eigenvalue weighted by atomic mass is 35.5. The standard InChI is InChI=1S/C10H10ClN3O3S/c1-6-7(2)13-17-10(6)14-18(15,16)8-3-4-9(11)12-5-8/h3-5,14H,1-2H3. The van der Waals surface area contributed by atoms with Crippen molar-refractivity contribution >= 4 is 27.5 Å². The van der Waals surface area contributed by atoms with Crippen LogP contribution >= 0.6 is 11.6 Å². The summed E-state index contributed by atoms with van der Waals surface area (Å²) in [5.41, 5.74) is 1.27. The molecule has 0 aliphatic carbocycles. The normalized spacial score (nSPS) is 11.5. The average molecular weight is 288 g/mol. The molecule has 18 heavy (non-hydrogen) atoms. The van der Waals surface area contributed by atoms with E-state index in [9.17, 15) is 8.42 Å². The van der Waals surface area contributed by atoms with Gasteiger partial charge in [0.05, 0.1) is 5.69 Å². The van der Waals surface area contributed by atoms with Gasteiger partial charge in [0.15, 0.2) is 0 Å². The Labute approximate surface area is 109 Å². The van der Waals surface area contributed by atoms with Crippen LogP contribution in [0.25, 0.3) is 0 Å². The molecule has 0 amide bonds. The second-order valence-electron chi connectivity index (χ2n) is 3.64. The number of aromatic nitrogens is 2. The van der Waals surface area contributed by atoms with Gasteiger partial charge in [0.1, 0.15) is 10.0 Å². The molecule has 0 spiro atoms. The maximum Gasteiger partial charge on any atom is 0.265 e. The molecule has 0 aliphatic heterocycles. The number of nitrogens with one attached hydrogen (secondary N) is 1. The van der Waals surface area contributed by atoms with E-state index in [2.05, 4.69) is 14.9 Å². The maximum absolute atomic E-state index is 12.0. The van der Waals surface area contributed by atoms with E-state index < -0.39 is 10.0 Å². The molecule has 2 aromatic heterocycles. The molecule has 0 atom stereocenters. The van der Waals surface area contributed by atoms with E-state index in [0.29, 0.717) is 11.3 Å². The number of anilines is 1. The summed E-state index contributed by atoms with van der Waals surface area (Å²) < 4.78 is 31.2. The fourth-order valence-electron chi connectivity index (χ4n) is 1.21. The van der Waals surface area contributed by atoms with E-state index in [1.807, 2.05) is 0 Å². The summed E-state index contributed by atoms with van der Waals surface area (Å²) in [6.45, 7) is 3.43. The Bertz CT molecular complexity index is 664. The Morgan fingerprint density at radius 2 is 2.06 bits per heavy atom. The Morgan fingerprint density at radius 3 is 2.56 bits per heavy atom. The lowest BCUT2D eigenvalue weighted by molar-refractivity contribution is 0.430. The first-order valence-corrected chi connectivity index (χ1v) is 6.83. The molecule has 2 heterocycles. The van der Waals surface area contributed by atoms with Crippen LogP contribution < -0.4 is 4.72 Å². The number of rotatable bonds is 3. The molecule has 2 rings (SSSR count). The number of halogens is 1. The van der Waals surface area contributed by atoms with Gasteiger partial charge in [0.25, 0.3) is 10.0 Å². The number of pyridine rings is 1. The van der Waals surface area contributed by atoms with Crippen LogP contribution in [-0.4, -0.2) is 18.6 Å². The van der Waals surface area contributed by atoms with Gasteiger partial charge in [-0.3, -0.25) is 0 Å². The van der Waals surface area contributed by atoms with Crippen LogP contribution in [0.4, 0.5) is 5.88 Å². The molecular formula is C10H10ClN3O3S. The van der Waals surface area contributed by atoms with E-state index in [1.54, 1.807) is 13.8 Å². The van der Waals surface area contributed by atoms with Gasteiger partial charge in [-0.05, 0) is 26.0 Å². The van der Waals surface area contributed by atoms with Gasteiger partial charge in [-0.2, -0.15) is 0 Å². The summed E-state index contributed by atoms with van der Waals surface area (Å²) in [7, 11) is -3.74. The van der Waals surface area contributed by atoms with Crippen LogP contribution in [0, 0.1) is 13.8 Å². The fourth-order valence-corrected chi connectivity index (χ4v) is 2.32. The molecular weight excluding hydrogens is 278 g/mol. The van der Waals surface area contributed by atoms with Crippen molar-refractivity contribution in [3.8, 4) is 0 Å². The third-order valence-corrected chi connectivity index (χ3v) is 3.93. The first kappa shape index (κ1) is 12.8. The SMILES string of the molecule is Cc1noc(NS(=O)(=O)c2ccc(Cl)nc2)c1C. The minimum Gasteiger partial charge on any atom is -0.337 e. The Morgan fingerprint density at radius 1 is 1.33 bits per heavy atom. The molecule has 8 heteroatoms. The van der Waals surface area contributed by atoms with Crippen molar-refractivity contribution in [1.29, 1.82) is 0 Å². The zero-order chi connectivity index (χ0) is 13.3. The summed E-state index contributed by atoms with van der Waals surface area (Å²) in [4.78, 5) is 3.72. The van der Waals surface area contributed by atoms with Crippen LogP contribution in [0.15, 0.2) is 27.7 Å². The molecule has 0 radical (unpaired) electrons. The van der Waals surface area contributed by atoms with Gasteiger partial charge in [0, 0.05) is 11.8 Å². The summed E-state index contributed by atoms with van der Waals surface area (Å²) >= 11 is 5.60. The zero-order valence-corrected chi connectivity index (χ0v) is 11.2. The largest absolute Gasteiger partial charge is 0.337 e. The quantitative estimate of drug-likeness (QED) is 0.874. The smallest absolute Gasteiger partial charge is 0.265 e. The summed E-state index contributed by atoms with van der Waals surface area (Å²) in [5, 5.41) is 3.89. The van der Waals surface area contributed by atoms with Gasteiger partial charge < -0.3 is 4.52 Å². The van der Waals surface area contributed by atoms with Crippen molar-refractivity contribution in [3.05, 3.63) is 34.7 Å². The third kappa shape index (κ3) is 2.46. The molecule has 0 fully saturated rings.